The van der Waals surface area contributed by atoms with Crippen molar-refractivity contribution in [3.8, 4) is 5.69 Å². The number of aryl methyl sites for hydroxylation is 1. The van der Waals surface area contributed by atoms with E-state index in [1.54, 1.807) is 19.1 Å². The number of Topliss-reactive ketones (excluding diaryl/α,β-unsaturated/α-hetero) is 1. The fourth-order valence-corrected chi connectivity index (χ4v) is 5.08. The summed E-state index contributed by atoms with van der Waals surface area (Å²) in [6.07, 6.45) is 0. The number of nitrogens with zero attached hydrogens (tertiary/aromatic N) is 2. The molecular formula is C22H20BrN3O3S. The Labute approximate surface area is 186 Å². The molecule has 1 atom stereocenters. The molecule has 3 heterocycles. The van der Waals surface area contributed by atoms with Gasteiger partial charge in [0.2, 0.25) is 0 Å². The van der Waals surface area contributed by atoms with Gasteiger partial charge in [0.15, 0.2) is 11.3 Å². The fraction of sp³-hybridized carbons (Fsp3) is 0.227. The van der Waals surface area contributed by atoms with Gasteiger partial charge in [0.05, 0.1) is 6.54 Å². The lowest BCUT2D eigenvalue weighted by molar-refractivity contribution is -0.130. The Morgan fingerprint density at radius 1 is 1.17 bits per heavy atom. The van der Waals surface area contributed by atoms with Crippen molar-refractivity contribution in [1.29, 1.82) is 0 Å². The van der Waals surface area contributed by atoms with Gasteiger partial charge in [-0.2, -0.15) is 0 Å². The standard InChI is InChI=1S/C22H20BrN3O3S/c1-13-10-17(14(2)26(13)16-7-4-6-15(23)11-16)18(27)12-25-20(28)22(3,24-21(25)29)19-8-5-9-30-19/h4-11H,12H2,1-3H3,(H,24,29). The zero-order valence-corrected chi connectivity index (χ0v) is 19.1. The zero-order chi connectivity index (χ0) is 21.6. The number of urea groups is 1. The van der Waals surface area contributed by atoms with Crippen LogP contribution in [0.1, 0.15) is 33.5 Å². The molecule has 2 aromatic heterocycles. The molecule has 154 valence electrons. The van der Waals surface area contributed by atoms with Crippen molar-refractivity contribution in [3.63, 3.8) is 0 Å². The third-order valence-electron chi connectivity index (χ3n) is 5.39. The third-order valence-corrected chi connectivity index (χ3v) is 6.97. The lowest BCUT2D eigenvalue weighted by atomic mass is 10.0. The van der Waals surface area contributed by atoms with Crippen molar-refractivity contribution in [2.24, 2.45) is 0 Å². The summed E-state index contributed by atoms with van der Waals surface area (Å²) >= 11 is 4.87. The summed E-state index contributed by atoms with van der Waals surface area (Å²) in [5.74, 6) is -0.688. The smallest absolute Gasteiger partial charge is 0.319 e. The highest BCUT2D eigenvalue weighted by Crippen LogP contribution is 2.32. The Hall–Kier alpha value is -2.71. The molecule has 4 rings (SSSR count). The maximum Gasteiger partial charge on any atom is 0.325 e. The molecule has 0 bridgehead atoms. The Balaban J connectivity index is 1.62. The molecule has 6 nitrogen and oxygen atoms in total. The molecule has 1 aromatic carbocycles. The van der Waals surface area contributed by atoms with Crippen LogP contribution in [0.25, 0.3) is 5.69 Å². The summed E-state index contributed by atoms with van der Waals surface area (Å²) in [5.41, 5.74) is 1.95. The van der Waals surface area contributed by atoms with Crippen molar-refractivity contribution in [1.82, 2.24) is 14.8 Å². The van der Waals surface area contributed by atoms with Crippen LogP contribution < -0.4 is 5.32 Å². The van der Waals surface area contributed by atoms with Crippen LogP contribution in [0, 0.1) is 13.8 Å². The van der Waals surface area contributed by atoms with Crippen molar-refractivity contribution in [2.75, 3.05) is 6.54 Å². The molecule has 3 aromatic rings. The van der Waals surface area contributed by atoms with Crippen LogP contribution in [0.3, 0.4) is 0 Å². The average molecular weight is 486 g/mol. The number of benzene rings is 1. The lowest BCUT2D eigenvalue weighted by Crippen LogP contribution is -2.40. The lowest BCUT2D eigenvalue weighted by Gasteiger charge is -2.19. The van der Waals surface area contributed by atoms with E-state index >= 15 is 0 Å². The molecule has 1 unspecified atom stereocenters. The largest absolute Gasteiger partial charge is 0.325 e. The summed E-state index contributed by atoms with van der Waals surface area (Å²) in [6.45, 7) is 5.16. The molecule has 30 heavy (non-hydrogen) atoms. The second-order valence-corrected chi connectivity index (χ2v) is 9.31. The predicted octanol–water partition coefficient (Wildman–Crippen LogP) is 4.57. The van der Waals surface area contributed by atoms with Crippen molar-refractivity contribution in [2.45, 2.75) is 26.3 Å². The first-order valence-corrected chi connectivity index (χ1v) is 11.1. The molecule has 8 heteroatoms. The SMILES string of the molecule is Cc1cc(C(=O)CN2C(=O)NC(C)(c3cccs3)C2=O)c(C)n1-c1cccc(Br)c1. The number of thiophene rings is 1. The number of amides is 3. The first-order chi connectivity index (χ1) is 14.2. The average Bonchev–Trinajstić information content (AvgIpc) is 3.38. The van der Waals surface area contributed by atoms with Gasteiger partial charge in [-0.3, -0.25) is 14.5 Å². The van der Waals surface area contributed by atoms with Gasteiger partial charge in [0.25, 0.3) is 5.91 Å². The van der Waals surface area contributed by atoms with Crippen LogP contribution in [-0.2, 0) is 10.3 Å². The highest BCUT2D eigenvalue weighted by atomic mass is 79.9. The molecule has 0 aliphatic carbocycles. The highest BCUT2D eigenvalue weighted by molar-refractivity contribution is 9.10. The summed E-state index contributed by atoms with van der Waals surface area (Å²) in [7, 11) is 0. The number of nitrogens with one attached hydrogen (secondary N) is 1. The second kappa shape index (κ2) is 7.52. The van der Waals surface area contributed by atoms with E-state index in [1.807, 2.05) is 54.1 Å². The predicted molar refractivity (Wildman–Crippen MR) is 119 cm³/mol. The Kier molecular flexibility index (Phi) is 5.15. The molecule has 0 radical (unpaired) electrons. The molecule has 1 N–H and O–H groups in total. The van der Waals surface area contributed by atoms with E-state index in [2.05, 4.69) is 21.2 Å². The Morgan fingerprint density at radius 2 is 1.93 bits per heavy atom. The van der Waals surface area contributed by atoms with E-state index in [-0.39, 0.29) is 12.3 Å². The van der Waals surface area contributed by atoms with E-state index in [9.17, 15) is 14.4 Å². The van der Waals surface area contributed by atoms with Gasteiger partial charge in [-0.15, -0.1) is 11.3 Å². The third kappa shape index (κ3) is 3.30. The molecule has 0 saturated carbocycles. The van der Waals surface area contributed by atoms with Crippen LogP contribution in [0.5, 0.6) is 0 Å². The van der Waals surface area contributed by atoms with Gasteiger partial charge < -0.3 is 9.88 Å². The van der Waals surface area contributed by atoms with Gasteiger partial charge in [-0.1, -0.05) is 28.1 Å². The maximum absolute atomic E-state index is 13.1. The van der Waals surface area contributed by atoms with E-state index in [4.69, 9.17) is 0 Å². The quantitative estimate of drug-likeness (QED) is 0.425. The number of hydrogen-bond donors (Lipinski definition) is 1. The van der Waals surface area contributed by atoms with E-state index < -0.39 is 17.5 Å². The Morgan fingerprint density at radius 3 is 2.60 bits per heavy atom. The summed E-state index contributed by atoms with van der Waals surface area (Å²) in [5, 5.41) is 4.59. The Bertz CT molecular complexity index is 1170. The monoisotopic (exact) mass is 485 g/mol. The molecule has 1 fully saturated rings. The van der Waals surface area contributed by atoms with Crippen LogP contribution in [0.15, 0.2) is 52.3 Å². The molecule has 1 aliphatic heterocycles. The van der Waals surface area contributed by atoms with Crippen molar-refractivity contribution >= 4 is 45.0 Å². The normalized spacial score (nSPS) is 18.7. The van der Waals surface area contributed by atoms with E-state index in [0.29, 0.717) is 5.56 Å². The van der Waals surface area contributed by atoms with E-state index in [1.165, 1.54) is 11.3 Å². The minimum atomic E-state index is -1.14. The van der Waals surface area contributed by atoms with E-state index in [0.717, 1.165) is 31.3 Å². The number of carbonyl (C=O) groups is 3. The van der Waals surface area contributed by atoms with Crippen molar-refractivity contribution < 1.29 is 14.4 Å². The molecule has 1 saturated heterocycles. The van der Waals surface area contributed by atoms with Crippen molar-refractivity contribution in [3.05, 3.63) is 74.1 Å². The molecule has 1 aliphatic rings. The number of imide groups is 1. The first-order valence-electron chi connectivity index (χ1n) is 9.38. The first kappa shape index (κ1) is 20.6. The van der Waals surface area contributed by atoms with Gasteiger partial charge >= 0.3 is 6.03 Å². The number of ketones is 1. The topological polar surface area (TPSA) is 71.4 Å². The number of rotatable bonds is 5. The number of hydrogen-bond acceptors (Lipinski definition) is 4. The molecule has 0 spiro atoms. The number of aromatic nitrogens is 1. The van der Waals surface area contributed by atoms with Crippen LogP contribution in [0.4, 0.5) is 4.79 Å². The minimum absolute atomic E-state index is 0.275. The molecule has 3 amide bonds. The highest BCUT2D eigenvalue weighted by Gasteiger charge is 2.50. The van der Waals surface area contributed by atoms with Crippen LogP contribution >= 0.6 is 27.3 Å². The van der Waals surface area contributed by atoms with Crippen LogP contribution in [0.2, 0.25) is 0 Å². The number of carbonyl (C=O) groups excluding carboxylic acids is 3. The molecular weight excluding hydrogens is 466 g/mol. The van der Waals surface area contributed by atoms with Crippen LogP contribution in [-0.4, -0.2) is 33.7 Å². The summed E-state index contributed by atoms with van der Waals surface area (Å²) in [4.78, 5) is 40.3. The second-order valence-electron chi connectivity index (χ2n) is 7.45. The maximum atomic E-state index is 13.1. The van der Waals surface area contributed by atoms with Gasteiger partial charge in [-0.05, 0) is 56.5 Å². The fourth-order valence-electron chi connectivity index (χ4n) is 3.86. The van der Waals surface area contributed by atoms with Gasteiger partial charge in [0, 0.05) is 32.0 Å². The minimum Gasteiger partial charge on any atom is -0.319 e. The summed E-state index contributed by atoms with van der Waals surface area (Å²) < 4.78 is 2.92. The number of halogens is 1. The van der Waals surface area contributed by atoms with Gasteiger partial charge in [-0.25, -0.2) is 4.79 Å². The zero-order valence-electron chi connectivity index (χ0n) is 16.7. The summed E-state index contributed by atoms with van der Waals surface area (Å²) in [6, 6.07) is 12.7. The van der Waals surface area contributed by atoms with Gasteiger partial charge in [0.1, 0.15) is 0 Å².